The summed E-state index contributed by atoms with van der Waals surface area (Å²) in [6, 6.07) is 1.02. The van der Waals surface area contributed by atoms with Crippen molar-refractivity contribution in [2.45, 2.75) is 63.5 Å². The van der Waals surface area contributed by atoms with Gasteiger partial charge in [0.15, 0.2) is 6.19 Å². The molecule has 2 saturated carbocycles. The van der Waals surface area contributed by atoms with Crippen LogP contribution in [0.4, 0.5) is 0 Å². The lowest BCUT2D eigenvalue weighted by Gasteiger charge is -2.41. The van der Waals surface area contributed by atoms with E-state index in [1.807, 2.05) is 0 Å². The molecule has 0 aromatic heterocycles. The van der Waals surface area contributed by atoms with Gasteiger partial charge in [-0.3, -0.25) is 0 Å². The molecule has 4 unspecified atom stereocenters. The van der Waals surface area contributed by atoms with Crippen LogP contribution in [-0.4, -0.2) is 17.0 Å². The van der Waals surface area contributed by atoms with Crippen LogP contribution in [0.25, 0.3) is 0 Å². The van der Waals surface area contributed by atoms with Gasteiger partial charge < -0.3 is 4.90 Å². The summed E-state index contributed by atoms with van der Waals surface area (Å²) in [6.07, 6.45) is 17.8. The van der Waals surface area contributed by atoms with E-state index >= 15 is 0 Å². The lowest BCUT2D eigenvalue weighted by Crippen LogP contribution is -2.47. The van der Waals surface area contributed by atoms with Gasteiger partial charge in [-0.05, 0) is 37.5 Å². The second kappa shape index (κ2) is 4.72. The third-order valence-electron chi connectivity index (χ3n) is 5.00. The van der Waals surface area contributed by atoms with Crippen LogP contribution < -0.4 is 0 Å². The number of nitrogens with zero attached hydrogens (tertiary/aromatic N) is 2. The average molecular weight is 230 g/mol. The van der Waals surface area contributed by atoms with Crippen LogP contribution in [0.15, 0.2) is 12.2 Å². The normalized spacial score (nSPS) is 41.0. The first-order chi connectivity index (χ1) is 8.40. The molecule has 92 valence electrons. The first kappa shape index (κ1) is 11.1. The zero-order valence-corrected chi connectivity index (χ0v) is 10.5. The minimum atomic E-state index is 0.512. The molecule has 1 heterocycles. The van der Waals surface area contributed by atoms with Gasteiger partial charge in [0.25, 0.3) is 0 Å². The Morgan fingerprint density at radius 1 is 0.824 bits per heavy atom. The van der Waals surface area contributed by atoms with Crippen LogP contribution in [0.3, 0.4) is 0 Å². The molecule has 0 aromatic rings. The molecule has 4 atom stereocenters. The van der Waals surface area contributed by atoms with Crippen molar-refractivity contribution in [1.29, 1.82) is 5.26 Å². The second-order valence-electron chi connectivity index (χ2n) is 5.92. The van der Waals surface area contributed by atoms with E-state index in [1.54, 1.807) is 0 Å². The standard InChI is InChI=1S/C15H22N2/c16-11-17-14-7-3-1-5-12(14)9-10-13-6-2-4-8-15(13)17/h9-10,12-15H,1-8H2. The van der Waals surface area contributed by atoms with Gasteiger partial charge >= 0.3 is 0 Å². The maximum Gasteiger partial charge on any atom is 0.179 e. The molecule has 3 rings (SSSR count). The third-order valence-corrected chi connectivity index (χ3v) is 5.00. The summed E-state index contributed by atoms with van der Waals surface area (Å²) in [6.45, 7) is 0. The molecule has 0 spiro atoms. The highest BCUT2D eigenvalue weighted by Crippen LogP contribution is 2.39. The van der Waals surface area contributed by atoms with Crippen LogP contribution in [0.1, 0.15) is 51.4 Å². The zero-order chi connectivity index (χ0) is 11.7. The summed E-state index contributed by atoms with van der Waals surface area (Å²) in [5, 5.41) is 9.54. The summed E-state index contributed by atoms with van der Waals surface area (Å²) in [4.78, 5) is 2.19. The molecule has 2 aliphatic carbocycles. The average Bonchev–Trinajstić information content (AvgIpc) is 2.55. The van der Waals surface area contributed by atoms with E-state index in [-0.39, 0.29) is 0 Å². The number of fused-ring (bicyclic) bond motifs is 2. The Morgan fingerprint density at radius 2 is 1.29 bits per heavy atom. The molecule has 1 aliphatic heterocycles. The fraction of sp³-hybridized carbons (Fsp3) is 0.800. The topological polar surface area (TPSA) is 27.0 Å². The summed E-state index contributed by atoms with van der Waals surface area (Å²) < 4.78 is 0. The van der Waals surface area contributed by atoms with E-state index in [0.717, 1.165) is 0 Å². The summed E-state index contributed by atoms with van der Waals surface area (Å²) >= 11 is 0. The minimum absolute atomic E-state index is 0.512. The molecular formula is C15H22N2. The third kappa shape index (κ3) is 1.97. The highest BCUT2D eigenvalue weighted by atomic mass is 15.2. The van der Waals surface area contributed by atoms with Gasteiger partial charge in [-0.15, -0.1) is 0 Å². The first-order valence-electron chi connectivity index (χ1n) is 7.26. The molecule has 0 aromatic carbocycles. The maximum atomic E-state index is 9.54. The van der Waals surface area contributed by atoms with Gasteiger partial charge in [-0.1, -0.05) is 37.8 Å². The summed E-state index contributed by atoms with van der Waals surface area (Å²) in [5.41, 5.74) is 0. The lowest BCUT2D eigenvalue weighted by molar-refractivity contribution is 0.104. The number of rotatable bonds is 0. The Morgan fingerprint density at radius 3 is 1.76 bits per heavy atom. The number of hydrogen-bond donors (Lipinski definition) is 0. The van der Waals surface area contributed by atoms with Crippen LogP contribution in [0.5, 0.6) is 0 Å². The molecule has 3 aliphatic rings. The van der Waals surface area contributed by atoms with E-state index in [1.165, 1.54) is 51.4 Å². The van der Waals surface area contributed by atoms with Crippen LogP contribution in [0, 0.1) is 23.3 Å². The van der Waals surface area contributed by atoms with Crippen LogP contribution in [0.2, 0.25) is 0 Å². The molecule has 0 saturated heterocycles. The van der Waals surface area contributed by atoms with Gasteiger partial charge in [0.1, 0.15) is 0 Å². The second-order valence-corrected chi connectivity index (χ2v) is 5.92. The van der Waals surface area contributed by atoms with E-state index in [4.69, 9.17) is 0 Å². The van der Waals surface area contributed by atoms with Crippen molar-refractivity contribution in [1.82, 2.24) is 4.90 Å². The van der Waals surface area contributed by atoms with Crippen molar-refractivity contribution in [2.24, 2.45) is 11.8 Å². The predicted octanol–water partition coefficient (Wildman–Crippen LogP) is 3.46. The Kier molecular flexibility index (Phi) is 3.09. The highest BCUT2D eigenvalue weighted by Gasteiger charge is 2.38. The molecule has 0 radical (unpaired) electrons. The quantitative estimate of drug-likeness (QED) is 0.471. The van der Waals surface area contributed by atoms with Crippen molar-refractivity contribution in [2.75, 3.05) is 0 Å². The Hall–Kier alpha value is -0.970. The van der Waals surface area contributed by atoms with Crippen molar-refractivity contribution < 1.29 is 0 Å². The van der Waals surface area contributed by atoms with Crippen molar-refractivity contribution in [3.05, 3.63) is 12.2 Å². The van der Waals surface area contributed by atoms with Gasteiger partial charge in [0.05, 0.1) is 0 Å². The zero-order valence-electron chi connectivity index (χ0n) is 10.5. The SMILES string of the molecule is N#CN1C2CCCCC2C=CC2CCCCC21. The summed E-state index contributed by atoms with van der Waals surface area (Å²) in [7, 11) is 0. The fourth-order valence-corrected chi connectivity index (χ4v) is 4.10. The van der Waals surface area contributed by atoms with E-state index < -0.39 is 0 Å². The predicted molar refractivity (Wildman–Crippen MR) is 68.1 cm³/mol. The van der Waals surface area contributed by atoms with E-state index in [9.17, 15) is 5.26 Å². The Labute approximate surface area is 104 Å². The molecule has 0 amide bonds. The molecule has 2 fully saturated rings. The van der Waals surface area contributed by atoms with Gasteiger partial charge in [0, 0.05) is 12.1 Å². The van der Waals surface area contributed by atoms with Gasteiger partial charge in [-0.2, -0.15) is 5.26 Å². The van der Waals surface area contributed by atoms with Crippen LogP contribution in [-0.2, 0) is 0 Å². The first-order valence-corrected chi connectivity index (χ1v) is 7.26. The van der Waals surface area contributed by atoms with Crippen LogP contribution >= 0.6 is 0 Å². The molecule has 0 N–H and O–H groups in total. The van der Waals surface area contributed by atoms with E-state index in [2.05, 4.69) is 23.2 Å². The Bertz CT molecular complexity index is 315. The Balaban J connectivity index is 1.89. The minimum Gasteiger partial charge on any atom is -0.303 e. The fourth-order valence-electron chi connectivity index (χ4n) is 4.10. The molecule has 0 bridgehead atoms. The monoisotopic (exact) mass is 230 g/mol. The van der Waals surface area contributed by atoms with E-state index in [0.29, 0.717) is 23.9 Å². The number of hydrogen-bond acceptors (Lipinski definition) is 2. The molecule has 17 heavy (non-hydrogen) atoms. The van der Waals surface area contributed by atoms with Crippen molar-refractivity contribution in [3.8, 4) is 6.19 Å². The largest absolute Gasteiger partial charge is 0.303 e. The van der Waals surface area contributed by atoms with Crippen molar-refractivity contribution >= 4 is 0 Å². The lowest BCUT2D eigenvalue weighted by atomic mass is 9.82. The smallest absolute Gasteiger partial charge is 0.179 e. The van der Waals surface area contributed by atoms with Gasteiger partial charge in [0.2, 0.25) is 0 Å². The molecule has 2 nitrogen and oxygen atoms in total. The molecular weight excluding hydrogens is 208 g/mol. The maximum absolute atomic E-state index is 9.54. The number of nitriles is 1. The van der Waals surface area contributed by atoms with Crippen molar-refractivity contribution in [3.63, 3.8) is 0 Å². The van der Waals surface area contributed by atoms with Gasteiger partial charge in [-0.25, -0.2) is 0 Å². The highest BCUT2D eigenvalue weighted by molar-refractivity contribution is 5.10. The molecule has 2 heteroatoms. The summed E-state index contributed by atoms with van der Waals surface area (Å²) in [5.74, 6) is 1.29.